The minimum Gasteiger partial charge on any atom is -0.294 e. The van der Waals surface area contributed by atoms with Crippen LogP contribution in [0, 0.1) is 0 Å². The Balaban J connectivity index is 1.32. The van der Waals surface area contributed by atoms with Gasteiger partial charge in [-0.25, -0.2) is 39.9 Å². The lowest BCUT2D eigenvalue weighted by atomic mass is 10.1. The predicted molar refractivity (Wildman–Crippen MR) is 216 cm³/mol. The first kappa shape index (κ1) is 31.9. The molecule has 0 aliphatic rings. The Morgan fingerprint density at radius 1 is 0.291 bits per heavy atom. The monoisotopic (exact) mass is 707 g/mol. The van der Waals surface area contributed by atoms with Crippen LogP contribution in [0.1, 0.15) is 0 Å². The van der Waals surface area contributed by atoms with Gasteiger partial charge in [0.1, 0.15) is 5.69 Å². The van der Waals surface area contributed by atoms with Gasteiger partial charge in [0.25, 0.3) is 0 Å². The SMILES string of the molecule is c1ccc(-c2nc(-c3ccccc3)nc(-c3nc(-c4nc(-c5ccccc5)nc(-c5ccccc5)n4)c4c5ccccc5n(-c5ccccc5)c4n3)n2)cc1. The van der Waals surface area contributed by atoms with Crippen LogP contribution in [0.15, 0.2) is 176 Å². The molecule has 4 aromatic heterocycles. The van der Waals surface area contributed by atoms with E-state index in [0.717, 1.165) is 44.2 Å². The minimum absolute atomic E-state index is 0.308. The lowest BCUT2D eigenvalue weighted by Gasteiger charge is -2.12. The minimum atomic E-state index is 0.308. The van der Waals surface area contributed by atoms with Crippen molar-refractivity contribution in [3.05, 3.63) is 176 Å². The second-order valence-electron chi connectivity index (χ2n) is 12.9. The van der Waals surface area contributed by atoms with E-state index >= 15 is 0 Å². The number of hydrogen-bond donors (Lipinski definition) is 0. The Labute approximate surface area is 315 Å². The normalized spacial score (nSPS) is 11.3. The van der Waals surface area contributed by atoms with Gasteiger partial charge in [-0.3, -0.25) is 4.57 Å². The smallest absolute Gasteiger partial charge is 0.201 e. The van der Waals surface area contributed by atoms with Crippen molar-refractivity contribution in [1.82, 2.24) is 44.4 Å². The van der Waals surface area contributed by atoms with Gasteiger partial charge in [-0.05, 0) is 18.2 Å². The van der Waals surface area contributed by atoms with Gasteiger partial charge in [0.15, 0.2) is 34.8 Å². The van der Waals surface area contributed by atoms with Gasteiger partial charge in [0.2, 0.25) is 11.6 Å². The van der Waals surface area contributed by atoms with Crippen LogP contribution in [0.2, 0.25) is 0 Å². The van der Waals surface area contributed by atoms with Crippen LogP contribution in [0.25, 0.3) is 96.3 Å². The standard InChI is InChI=1S/C46H29N9/c1-6-18-30(19-7-1)39-48-40(31-20-8-2-9-21-31)51-43(50-39)38-37-35-28-16-17-29-36(35)55(34-26-14-5-15-27-34)46(37)54-44(47-38)45-52-41(32-22-10-3-11-23-32)49-42(53-45)33-24-12-4-13-25-33/h1-29H. The summed E-state index contributed by atoms with van der Waals surface area (Å²) in [6, 6.07) is 58.0. The Hall–Kier alpha value is -7.78. The van der Waals surface area contributed by atoms with Gasteiger partial charge in [-0.1, -0.05) is 158 Å². The highest BCUT2D eigenvalue weighted by molar-refractivity contribution is 6.13. The molecule has 55 heavy (non-hydrogen) atoms. The fourth-order valence-electron chi connectivity index (χ4n) is 6.78. The summed E-state index contributed by atoms with van der Waals surface area (Å²) in [5.74, 6) is 3.11. The van der Waals surface area contributed by atoms with Gasteiger partial charge in [-0.2, -0.15) is 0 Å². The molecule has 10 rings (SSSR count). The van der Waals surface area contributed by atoms with E-state index in [-0.39, 0.29) is 0 Å². The first-order valence-electron chi connectivity index (χ1n) is 17.9. The number of fused-ring (bicyclic) bond motifs is 3. The molecule has 4 heterocycles. The van der Waals surface area contributed by atoms with Crippen molar-refractivity contribution >= 4 is 21.9 Å². The number of nitrogens with zero attached hydrogens (tertiary/aromatic N) is 9. The predicted octanol–water partition coefficient (Wildman–Crippen LogP) is 9.95. The van der Waals surface area contributed by atoms with Crippen molar-refractivity contribution in [3.8, 4) is 74.4 Å². The summed E-state index contributed by atoms with van der Waals surface area (Å²) in [6.45, 7) is 0. The van der Waals surface area contributed by atoms with Crippen LogP contribution in [-0.4, -0.2) is 44.4 Å². The lowest BCUT2D eigenvalue weighted by molar-refractivity contribution is 1.02. The molecule has 0 fully saturated rings. The summed E-state index contributed by atoms with van der Waals surface area (Å²) in [5.41, 5.74) is 6.52. The fourth-order valence-corrected chi connectivity index (χ4v) is 6.78. The van der Waals surface area contributed by atoms with Crippen molar-refractivity contribution < 1.29 is 0 Å². The van der Waals surface area contributed by atoms with E-state index in [0.29, 0.717) is 52.1 Å². The van der Waals surface area contributed by atoms with Crippen molar-refractivity contribution in [1.29, 1.82) is 0 Å². The molecule has 0 unspecified atom stereocenters. The average Bonchev–Trinajstić information content (AvgIpc) is 3.61. The van der Waals surface area contributed by atoms with E-state index in [2.05, 4.69) is 28.8 Å². The zero-order valence-electron chi connectivity index (χ0n) is 29.3. The Bertz CT molecular complexity index is 2840. The van der Waals surface area contributed by atoms with Crippen LogP contribution >= 0.6 is 0 Å². The topological polar surface area (TPSA) is 108 Å². The number of aromatic nitrogens is 9. The van der Waals surface area contributed by atoms with E-state index in [9.17, 15) is 0 Å². The summed E-state index contributed by atoms with van der Waals surface area (Å²) in [4.78, 5) is 40.8. The molecule has 9 heteroatoms. The summed E-state index contributed by atoms with van der Waals surface area (Å²) in [7, 11) is 0. The second-order valence-corrected chi connectivity index (χ2v) is 12.9. The maximum Gasteiger partial charge on any atom is 0.201 e. The third-order valence-electron chi connectivity index (χ3n) is 9.34. The largest absolute Gasteiger partial charge is 0.294 e. The van der Waals surface area contributed by atoms with E-state index < -0.39 is 0 Å². The average molecular weight is 708 g/mol. The molecule has 0 aliphatic heterocycles. The van der Waals surface area contributed by atoms with Crippen LogP contribution in [0.3, 0.4) is 0 Å². The molecule has 0 radical (unpaired) electrons. The zero-order valence-corrected chi connectivity index (χ0v) is 29.3. The van der Waals surface area contributed by atoms with Gasteiger partial charge >= 0.3 is 0 Å². The Kier molecular flexibility index (Phi) is 7.92. The zero-order chi connectivity index (χ0) is 36.6. The van der Waals surface area contributed by atoms with E-state index in [4.69, 9.17) is 39.9 Å². The molecule has 0 bridgehead atoms. The van der Waals surface area contributed by atoms with Crippen LogP contribution in [-0.2, 0) is 0 Å². The number of hydrogen-bond acceptors (Lipinski definition) is 8. The molecule has 0 N–H and O–H groups in total. The third-order valence-corrected chi connectivity index (χ3v) is 9.34. The number of benzene rings is 6. The molecule has 258 valence electrons. The maximum absolute atomic E-state index is 5.31. The Morgan fingerprint density at radius 3 is 1.13 bits per heavy atom. The number of rotatable bonds is 7. The van der Waals surface area contributed by atoms with E-state index in [1.165, 1.54) is 0 Å². The quantitative estimate of drug-likeness (QED) is 0.161. The van der Waals surface area contributed by atoms with Gasteiger partial charge in [0.05, 0.1) is 10.9 Å². The molecular formula is C46H29N9. The molecule has 6 aromatic carbocycles. The van der Waals surface area contributed by atoms with Gasteiger partial charge in [-0.15, -0.1) is 0 Å². The molecule has 10 aromatic rings. The third kappa shape index (κ3) is 5.95. The summed E-state index contributed by atoms with van der Waals surface area (Å²) < 4.78 is 2.15. The first-order valence-corrected chi connectivity index (χ1v) is 17.9. The van der Waals surface area contributed by atoms with Gasteiger partial charge in [0, 0.05) is 33.3 Å². The van der Waals surface area contributed by atoms with Crippen molar-refractivity contribution in [3.63, 3.8) is 0 Å². The molecular weight excluding hydrogens is 679 g/mol. The van der Waals surface area contributed by atoms with Crippen molar-refractivity contribution in [2.24, 2.45) is 0 Å². The van der Waals surface area contributed by atoms with E-state index in [1.54, 1.807) is 0 Å². The maximum atomic E-state index is 5.31. The molecule has 0 aliphatic carbocycles. The molecule has 0 saturated carbocycles. The number of para-hydroxylation sites is 2. The molecule has 0 saturated heterocycles. The Morgan fingerprint density at radius 2 is 0.655 bits per heavy atom. The highest BCUT2D eigenvalue weighted by Gasteiger charge is 2.25. The summed E-state index contributed by atoms with van der Waals surface area (Å²) >= 11 is 0. The van der Waals surface area contributed by atoms with Crippen molar-refractivity contribution in [2.75, 3.05) is 0 Å². The molecule has 0 atom stereocenters. The van der Waals surface area contributed by atoms with Crippen LogP contribution in [0.5, 0.6) is 0 Å². The fraction of sp³-hybridized carbons (Fsp3) is 0. The van der Waals surface area contributed by atoms with Crippen molar-refractivity contribution in [2.45, 2.75) is 0 Å². The summed E-state index contributed by atoms with van der Waals surface area (Å²) in [5, 5.41) is 1.75. The first-order chi connectivity index (χ1) is 27.3. The molecule has 9 nitrogen and oxygen atoms in total. The lowest BCUT2D eigenvalue weighted by Crippen LogP contribution is -2.06. The highest BCUT2D eigenvalue weighted by atomic mass is 15.1. The van der Waals surface area contributed by atoms with Gasteiger partial charge < -0.3 is 0 Å². The van der Waals surface area contributed by atoms with Crippen LogP contribution < -0.4 is 0 Å². The van der Waals surface area contributed by atoms with E-state index in [1.807, 2.05) is 152 Å². The summed E-state index contributed by atoms with van der Waals surface area (Å²) in [6.07, 6.45) is 0. The van der Waals surface area contributed by atoms with Crippen LogP contribution in [0.4, 0.5) is 0 Å². The second kappa shape index (κ2) is 13.6. The molecule has 0 amide bonds. The highest BCUT2D eigenvalue weighted by Crippen LogP contribution is 2.38. The molecule has 0 spiro atoms.